The van der Waals surface area contributed by atoms with Crippen LogP contribution in [-0.4, -0.2) is 47.2 Å². The molecule has 0 unspecified atom stereocenters. The summed E-state index contributed by atoms with van der Waals surface area (Å²) in [6.45, 7) is 3.19. The fourth-order valence-corrected chi connectivity index (χ4v) is 5.73. The predicted molar refractivity (Wildman–Crippen MR) is 161 cm³/mol. The summed E-state index contributed by atoms with van der Waals surface area (Å²) in [7, 11) is 0. The molecule has 0 spiro atoms. The van der Waals surface area contributed by atoms with E-state index in [0.29, 0.717) is 11.3 Å². The number of H-pyrrole nitrogens is 1. The SMILES string of the molecule is O=C(N=[N+]=Nc1ccc(N2CCOCC2)cc1)c1ccc(-c2nc3ccc(-c4nc5ccccc5s4)cc3[nH]2)cc1. The van der Waals surface area contributed by atoms with Crippen LogP contribution in [0.25, 0.3) is 43.2 Å². The molecular weight excluding hydrogens is 534 g/mol. The number of para-hydroxylation sites is 1. The van der Waals surface area contributed by atoms with Gasteiger partial charge in [0.25, 0.3) is 0 Å². The van der Waals surface area contributed by atoms with Gasteiger partial charge in [0.05, 0.1) is 34.5 Å². The van der Waals surface area contributed by atoms with Gasteiger partial charge in [0, 0.05) is 35.5 Å². The maximum absolute atomic E-state index is 12.6. The molecule has 2 aromatic heterocycles. The molecule has 0 aliphatic carbocycles. The van der Waals surface area contributed by atoms with Crippen LogP contribution in [-0.2, 0) is 4.74 Å². The van der Waals surface area contributed by atoms with Crippen molar-refractivity contribution < 1.29 is 9.53 Å². The number of hydrogen-bond acceptors (Lipinski definition) is 7. The lowest BCUT2D eigenvalue weighted by Gasteiger charge is -2.28. The third-order valence-corrected chi connectivity index (χ3v) is 8.04. The maximum atomic E-state index is 12.6. The van der Waals surface area contributed by atoms with Crippen LogP contribution in [0.4, 0.5) is 11.4 Å². The number of morpholine rings is 1. The molecule has 7 rings (SSSR count). The number of thiazole rings is 1. The average molecular weight is 559 g/mol. The summed E-state index contributed by atoms with van der Waals surface area (Å²) in [6.07, 6.45) is 0. The van der Waals surface area contributed by atoms with Crippen molar-refractivity contribution in [2.24, 2.45) is 10.2 Å². The van der Waals surface area contributed by atoms with Gasteiger partial charge in [0.15, 0.2) is 10.8 Å². The molecule has 6 aromatic rings. The first-order valence-electron chi connectivity index (χ1n) is 13.2. The zero-order valence-corrected chi connectivity index (χ0v) is 22.7. The third kappa shape index (κ3) is 5.27. The second-order valence-corrected chi connectivity index (χ2v) is 10.6. The highest BCUT2D eigenvalue weighted by molar-refractivity contribution is 7.21. The molecule has 3 heterocycles. The monoisotopic (exact) mass is 558 g/mol. The van der Waals surface area contributed by atoms with Gasteiger partial charge in [-0.15, -0.1) is 11.3 Å². The number of nitrogens with one attached hydrogen (secondary N) is 1. The minimum absolute atomic E-state index is 0.421. The summed E-state index contributed by atoms with van der Waals surface area (Å²) in [5.41, 5.74) is 6.84. The molecule has 0 bridgehead atoms. The molecule has 9 nitrogen and oxygen atoms in total. The Hall–Kier alpha value is -5.02. The molecule has 0 radical (unpaired) electrons. The number of aromatic nitrogens is 3. The topological polar surface area (TPSA) is 110 Å². The molecule has 0 saturated carbocycles. The van der Waals surface area contributed by atoms with E-state index in [-0.39, 0.29) is 0 Å². The first-order valence-corrected chi connectivity index (χ1v) is 14.1. The van der Waals surface area contributed by atoms with Crippen LogP contribution in [0.15, 0.2) is 101 Å². The Kier molecular flexibility index (Phi) is 6.62. The van der Waals surface area contributed by atoms with Crippen LogP contribution in [0, 0.1) is 0 Å². The number of hydrogen-bond donors (Lipinski definition) is 1. The molecule has 1 aliphatic rings. The first-order chi connectivity index (χ1) is 20.2. The normalized spacial score (nSPS) is 13.3. The van der Waals surface area contributed by atoms with Crippen molar-refractivity contribution in [2.45, 2.75) is 0 Å². The number of imidazole rings is 1. The van der Waals surface area contributed by atoms with Crippen LogP contribution >= 0.6 is 11.3 Å². The summed E-state index contributed by atoms with van der Waals surface area (Å²) in [5, 5.41) is 8.79. The van der Waals surface area contributed by atoms with Gasteiger partial charge in [-0.2, -0.15) is 0 Å². The van der Waals surface area contributed by atoms with Crippen molar-refractivity contribution in [1.82, 2.24) is 19.9 Å². The van der Waals surface area contributed by atoms with Crippen molar-refractivity contribution in [3.8, 4) is 22.0 Å². The summed E-state index contributed by atoms with van der Waals surface area (Å²) in [6, 6.07) is 29.1. The number of aromatic amines is 1. The van der Waals surface area contributed by atoms with Gasteiger partial charge in [-0.05, 0) is 66.7 Å². The highest BCUT2D eigenvalue weighted by atomic mass is 32.1. The van der Waals surface area contributed by atoms with Crippen molar-refractivity contribution in [3.63, 3.8) is 0 Å². The Morgan fingerprint density at radius 3 is 2.46 bits per heavy atom. The lowest BCUT2D eigenvalue weighted by Crippen LogP contribution is -2.36. The van der Waals surface area contributed by atoms with Crippen molar-refractivity contribution in [3.05, 3.63) is 96.6 Å². The Labute approximate surface area is 238 Å². The first kappa shape index (κ1) is 25.0. The van der Waals surface area contributed by atoms with E-state index in [0.717, 1.165) is 75.2 Å². The standard InChI is InChI=1S/C31H23N7O2S/c39-30(36-37-35-23-10-12-24(13-11-23)38-15-17-40-18-16-38)21-7-5-20(6-8-21)29-32-25-14-9-22(19-27(25)33-29)31-34-26-3-1-2-4-28(26)41-31/h1-14,19H,15-18H2/p+1. The second kappa shape index (κ2) is 10.9. The van der Waals surface area contributed by atoms with E-state index in [1.54, 1.807) is 23.5 Å². The molecule has 41 heavy (non-hydrogen) atoms. The molecule has 10 heteroatoms. The Balaban J connectivity index is 1.04. The van der Waals surface area contributed by atoms with Gasteiger partial charge >= 0.3 is 5.91 Å². The number of anilines is 1. The lowest BCUT2D eigenvalue weighted by molar-refractivity contribution is 0.0992. The Morgan fingerprint density at radius 2 is 1.66 bits per heavy atom. The Bertz CT molecular complexity index is 1900. The van der Waals surface area contributed by atoms with Gasteiger partial charge in [0.2, 0.25) is 10.0 Å². The highest BCUT2D eigenvalue weighted by Gasteiger charge is 2.14. The van der Waals surface area contributed by atoms with Crippen LogP contribution < -0.4 is 9.81 Å². The van der Waals surface area contributed by atoms with E-state index >= 15 is 0 Å². The molecule has 1 saturated heterocycles. The zero-order valence-electron chi connectivity index (χ0n) is 21.9. The van der Waals surface area contributed by atoms with E-state index in [1.165, 1.54) is 0 Å². The number of carbonyl (C=O) groups is 1. The quantitative estimate of drug-likeness (QED) is 0.185. The van der Waals surface area contributed by atoms with Crippen molar-refractivity contribution in [1.29, 1.82) is 0 Å². The lowest BCUT2D eigenvalue weighted by atomic mass is 10.1. The van der Waals surface area contributed by atoms with Gasteiger partial charge in [0.1, 0.15) is 10.8 Å². The fourth-order valence-electron chi connectivity index (χ4n) is 4.77. The number of fused-ring (bicyclic) bond motifs is 2. The largest absolute Gasteiger partial charge is 0.378 e. The summed E-state index contributed by atoms with van der Waals surface area (Å²) >= 11 is 1.67. The molecule has 1 aliphatic heterocycles. The Morgan fingerprint density at radius 1 is 0.878 bits per heavy atom. The van der Waals surface area contributed by atoms with Gasteiger partial charge in [-0.3, -0.25) is 4.79 Å². The molecule has 1 fully saturated rings. The number of ether oxygens (including phenoxy) is 1. The molecular formula is C31H24N7O2S+. The van der Waals surface area contributed by atoms with Crippen LogP contribution in [0.5, 0.6) is 0 Å². The number of benzene rings is 4. The number of nitrogens with zero attached hydrogens (tertiary/aromatic N) is 6. The molecule has 4 aromatic carbocycles. The smallest absolute Gasteiger partial charge is 0.360 e. The van der Waals surface area contributed by atoms with E-state index in [4.69, 9.17) is 14.7 Å². The zero-order chi connectivity index (χ0) is 27.6. The van der Waals surface area contributed by atoms with Crippen LogP contribution in [0.1, 0.15) is 10.4 Å². The summed E-state index contributed by atoms with van der Waals surface area (Å²) in [4.78, 5) is 31.5. The summed E-state index contributed by atoms with van der Waals surface area (Å²) < 4.78 is 6.56. The highest BCUT2D eigenvalue weighted by Crippen LogP contribution is 2.32. The minimum atomic E-state index is -0.463. The van der Waals surface area contributed by atoms with Gasteiger partial charge in [-0.1, -0.05) is 24.3 Å². The van der Waals surface area contributed by atoms with Crippen molar-refractivity contribution in [2.75, 3.05) is 31.2 Å². The van der Waals surface area contributed by atoms with E-state index in [1.807, 2.05) is 66.7 Å². The van der Waals surface area contributed by atoms with Crippen molar-refractivity contribution >= 4 is 49.9 Å². The summed E-state index contributed by atoms with van der Waals surface area (Å²) in [5.74, 6) is 0.257. The van der Waals surface area contributed by atoms with E-state index in [2.05, 4.69) is 37.2 Å². The number of rotatable bonds is 5. The molecule has 1 N–H and O–H groups in total. The molecule has 0 atom stereocenters. The predicted octanol–water partition coefficient (Wildman–Crippen LogP) is 6.79. The fraction of sp³-hybridized carbons (Fsp3) is 0.129. The molecule has 200 valence electrons. The number of amides is 1. The van der Waals surface area contributed by atoms with E-state index < -0.39 is 5.91 Å². The number of carbonyl (C=O) groups excluding carboxylic acids is 1. The maximum Gasteiger partial charge on any atom is 0.360 e. The van der Waals surface area contributed by atoms with Crippen LogP contribution in [0.3, 0.4) is 0 Å². The van der Waals surface area contributed by atoms with E-state index in [9.17, 15) is 4.79 Å². The van der Waals surface area contributed by atoms with Gasteiger partial charge in [-0.25, -0.2) is 9.97 Å². The van der Waals surface area contributed by atoms with Gasteiger partial charge < -0.3 is 14.6 Å². The molecule has 1 amide bonds. The van der Waals surface area contributed by atoms with Crippen LogP contribution in [0.2, 0.25) is 0 Å². The third-order valence-electron chi connectivity index (χ3n) is 6.95. The second-order valence-electron chi connectivity index (χ2n) is 9.59. The average Bonchev–Trinajstić information content (AvgIpc) is 3.66. The minimum Gasteiger partial charge on any atom is -0.378 e.